The smallest absolute Gasteiger partial charge is 0.234 e. The van der Waals surface area contributed by atoms with Gasteiger partial charge < -0.3 is 10.6 Å². The van der Waals surface area contributed by atoms with E-state index in [2.05, 4.69) is 10.6 Å². The van der Waals surface area contributed by atoms with E-state index in [-0.39, 0.29) is 11.2 Å². The lowest BCUT2D eigenvalue weighted by Gasteiger charge is -2.03. The first-order valence-electron chi connectivity index (χ1n) is 2.88. The quantitative estimate of drug-likeness (QED) is 0.519. The third-order valence-electron chi connectivity index (χ3n) is 1.26. The van der Waals surface area contributed by atoms with Crippen LogP contribution >= 0.6 is 11.8 Å². The zero-order valence-electron chi connectivity index (χ0n) is 5.31. The Morgan fingerprint density at radius 1 is 1.89 bits per heavy atom. The van der Waals surface area contributed by atoms with Crippen LogP contribution in [0.15, 0.2) is 0 Å². The summed E-state index contributed by atoms with van der Waals surface area (Å²) in [7, 11) is 1.67. The molecule has 1 unspecified atom stereocenters. The van der Waals surface area contributed by atoms with Gasteiger partial charge in [0, 0.05) is 19.5 Å². The summed E-state index contributed by atoms with van der Waals surface area (Å²) in [5, 5.41) is 5.83. The van der Waals surface area contributed by atoms with Crippen LogP contribution in [-0.4, -0.2) is 30.6 Å². The Balaban J connectivity index is 2.32. The average Bonchev–Trinajstić information content (AvgIpc) is 2.37. The molecule has 0 aliphatic carbocycles. The molecule has 9 heavy (non-hydrogen) atoms. The molecule has 52 valence electrons. The van der Waals surface area contributed by atoms with E-state index in [1.165, 1.54) is 0 Å². The highest BCUT2D eigenvalue weighted by molar-refractivity contribution is 8.00. The number of carbonyl (C=O) groups excluding carboxylic acids is 1. The molecule has 2 N–H and O–H groups in total. The molecule has 0 bridgehead atoms. The molecule has 0 radical (unpaired) electrons. The minimum Gasteiger partial charge on any atom is -0.358 e. The van der Waals surface area contributed by atoms with Crippen molar-refractivity contribution in [1.82, 2.24) is 10.6 Å². The Morgan fingerprint density at radius 2 is 2.67 bits per heavy atom. The van der Waals surface area contributed by atoms with Gasteiger partial charge in [-0.05, 0) is 0 Å². The third kappa shape index (κ3) is 1.59. The average molecular weight is 146 g/mol. The van der Waals surface area contributed by atoms with Gasteiger partial charge in [0.25, 0.3) is 0 Å². The van der Waals surface area contributed by atoms with Gasteiger partial charge in [-0.1, -0.05) is 0 Å². The topological polar surface area (TPSA) is 41.1 Å². The van der Waals surface area contributed by atoms with E-state index in [0.29, 0.717) is 0 Å². The molecule has 4 heteroatoms. The van der Waals surface area contributed by atoms with Crippen molar-refractivity contribution in [2.45, 2.75) is 5.25 Å². The van der Waals surface area contributed by atoms with Gasteiger partial charge in [0.15, 0.2) is 0 Å². The summed E-state index contributed by atoms with van der Waals surface area (Å²) < 4.78 is 0. The van der Waals surface area contributed by atoms with Crippen LogP contribution in [0.25, 0.3) is 0 Å². The van der Waals surface area contributed by atoms with Crippen LogP contribution in [-0.2, 0) is 4.79 Å². The van der Waals surface area contributed by atoms with Gasteiger partial charge in [-0.25, -0.2) is 0 Å². The second-order valence-electron chi connectivity index (χ2n) is 1.87. The lowest BCUT2D eigenvalue weighted by Crippen LogP contribution is -2.31. The predicted octanol–water partition coefficient (Wildman–Crippen LogP) is -0.605. The van der Waals surface area contributed by atoms with E-state index in [4.69, 9.17) is 0 Å². The van der Waals surface area contributed by atoms with Gasteiger partial charge in [-0.15, -0.1) is 11.8 Å². The molecule has 1 heterocycles. The molecule has 1 amide bonds. The number of hydrogen-bond donors (Lipinski definition) is 2. The molecular weight excluding hydrogens is 136 g/mol. The van der Waals surface area contributed by atoms with Crippen LogP contribution in [0.1, 0.15) is 0 Å². The monoisotopic (exact) mass is 146 g/mol. The summed E-state index contributed by atoms with van der Waals surface area (Å²) in [5.74, 6) is 1.03. The van der Waals surface area contributed by atoms with Crippen molar-refractivity contribution in [2.24, 2.45) is 0 Å². The van der Waals surface area contributed by atoms with Crippen molar-refractivity contribution < 1.29 is 4.79 Å². The lowest BCUT2D eigenvalue weighted by molar-refractivity contribution is -0.119. The molecule has 0 aromatic carbocycles. The highest BCUT2D eigenvalue weighted by atomic mass is 32.2. The van der Waals surface area contributed by atoms with Crippen molar-refractivity contribution in [3.05, 3.63) is 0 Å². The maximum Gasteiger partial charge on any atom is 0.234 e. The summed E-state index contributed by atoms with van der Waals surface area (Å²) in [6.45, 7) is 0.810. The van der Waals surface area contributed by atoms with Gasteiger partial charge in [-0.3, -0.25) is 4.79 Å². The van der Waals surface area contributed by atoms with Crippen molar-refractivity contribution in [2.75, 3.05) is 19.5 Å². The Kier molecular flexibility index (Phi) is 2.36. The molecule has 1 atom stereocenters. The largest absolute Gasteiger partial charge is 0.358 e. The van der Waals surface area contributed by atoms with E-state index >= 15 is 0 Å². The normalized spacial score (nSPS) is 26.1. The van der Waals surface area contributed by atoms with Gasteiger partial charge in [0.2, 0.25) is 5.91 Å². The molecule has 1 aliphatic rings. The number of carbonyl (C=O) groups is 1. The van der Waals surface area contributed by atoms with Gasteiger partial charge in [0.1, 0.15) is 0 Å². The molecule has 1 aliphatic heterocycles. The molecule has 0 saturated carbocycles. The minimum absolute atomic E-state index is 0.130. The standard InChI is InChI=1S/C5H10N2OS/c1-6-5(8)4-2-7-3-9-4/h4,7H,2-3H2,1H3,(H,6,8). The van der Waals surface area contributed by atoms with Crippen LogP contribution in [0.5, 0.6) is 0 Å². The molecule has 1 fully saturated rings. The first-order valence-corrected chi connectivity index (χ1v) is 3.93. The number of nitrogens with one attached hydrogen (secondary N) is 2. The Hall–Kier alpha value is -0.220. The SMILES string of the molecule is CNC(=O)C1CNCS1. The predicted molar refractivity (Wildman–Crippen MR) is 38.3 cm³/mol. The maximum atomic E-state index is 10.8. The first kappa shape index (κ1) is 6.89. The Labute approximate surface area is 58.6 Å². The summed E-state index contributed by atoms with van der Waals surface area (Å²) in [4.78, 5) is 10.8. The van der Waals surface area contributed by atoms with Gasteiger partial charge in [-0.2, -0.15) is 0 Å². The van der Waals surface area contributed by atoms with Gasteiger partial charge >= 0.3 is 0 Å². The van der Waals surface area contributed by atoms with E-state index in [9.17, 15) is 4.79 Å². The summed E-state index contributed by atoms with van der Waals surface area (Å²) in [5.41, 5.74) is 0. The number of amides is 1. The van der Waals surface area contributed by atoms with Crippen LogP contribution < -0.4 is 10.6 Å². The molecular formula is C5H10N2OS. The maximum absolute atomic E-state index is 10.8. The zero-order valence-corrected chi connectivity index (χ0v) is 6.12. The van der Waals surface area contributed by atoms with Crippen molar-refractivity contribution in [3.63, 3.8) is 0 Å². The molecule has 1 rings (SSSR count). The van der Waals surface area contributed by atoms with Crippen LogP contribution in [0.2, 0.25) is 0 Å². The van der Waals surface area contributed by atoms with Crippen molar-refractivity contribution in [1.29, 1.82) is 0 Å². The lowest BCUT2D eigenvalue weighted by atomic mass is 10.4. The van der Waals surface area contributed by atoms with E-state index < -0.39 is 0 Å². The third-order valence-corrected chi connectivity index (χ3v) is 2.41. The van der Waals surface area contributed by atoms with Crippen LogP contribution in [0, 0.1) is 0 Å². The number of rotatable bonds is 1. The van der Waals surface area contributed by atoms with Gasteiger partial charge in [0.05, 0.1) is 5.25 Å². The second-order valence-corrected chi connectivity index (χ2v) is 3.06. The van der Waals surface area contributed by atoms with Crippen molar-refractivity contribution >= 4 is 17.7 Å². The summed E-state index contributed by atoms with van der Waals surface area (Å²) in [6.07, 6.45) is 0. The van der Waals surface area contributed by atoms with Crippen molar-refractivity contribution in [3.8, 4) is 0 Å². The Morgan fingerprint density at radius 3 is 3.11 bits per heavy atom. The second kappa shape index (κ2) is 3.08. The molecule has 0 spiro atoms. The fourth-order valence-corrected chi connectivity index (χ4v) is 1.68. The van der Waals surface area contributed by atoms with Crippen LogP contribution in [0.3, 0.4) is 0 Å². The van der Waals surface area contributed by atoms with E-state index in [0.717, 1.165) is 12.4 Å². The number of thioether (sulfide) groups is 1. The van der Waals surface area contributed by atoms with E-state index in [1.54, 1.807) is 18.8 Å². The van der Waals surface area contributed by atoms with E-state index in [1.807, 2.05) is 0 Å². The summed E-state index contributed by atoms with van der Waals surface area (Å²) >= 11 is 1.65. The fraction of sp³-hybridized carbons (Fsp3) is 0.800. The molecule has 3 nitrogen and oxygen atoms in total. The molecule has 0 aromatic heterocycles. The fourth-order valence-electron chi connectivity index (χ4n) is 0.738. The summed E-state index contributed by atoms with van der Waals surface area (Å²) in [6, 6.07) is 0. The number of hydrogen-bond acceptors (Lipinski definition) is 3. The highest BCUT2D eigenvalue weighted by Crippen LogP contribution is 2.13. The molecule has 1 saturated heterocycles. The first-order chi connectivity index (χ1) is 4.34. The zero-order chi connectivity index (χ0) is 6.69. The Bertz CT molecular complexity index is 112. The van der Waals surface area contributed by atoms with Crippen LogP contribution in [0.4, 0.5) is 0 Å². The highest BCUT2D eigenvalue weighted by Gasteiger charge is 2.21. The minimum atomic E-state index is 0.130. The molecule has 0 aromatic rings.